The Hall–Kier alpha value is -1.22. The molecule has 0 aromatic heterocycles. The molecule has 0 amide bonds. The monoisotopic (exact) mass is 286 g/mol. The summed E-state index contributed by atoms with van der Waals surface area (Å²) in [4.78, 5) is 2.64. The van der Waals surface area contributed by atoms with Gasteiger partial charge in [0.1, 0.15) is 0 Å². The molecule has 1 saturated carbocycles. The highest BCUT2D eigenvalue weighted by Gasteiger charge is 2.42. The van der Waals surface area contributed by atoms with Crippen LogP contribution in [0.2, 0.25) is 0 Å². The van der Waals surface area contributed by atoms with Gasteiger partial charge in [0, 0.05) is 30.6 Å². The number of ether oxygens (including phenoxy) is 1. The second-order valence-electron chi connectivity index (χ2n) is 7.07. The number of nitrogens with zero attached hydrogens (tertiary/aromatic N) is 1. The van der Waals surface area contributed by atoms with Gasteiger partial charge >= 0.3 is 0 Å². The summed E-state index contributed by atoms with van der Waals surface area (Å²) in [6.07, 6.45) is 10.0. The largest absolute Gasteiger partial charge is 0.399 e. The first-order chi connectivity index (χ1) is 10.3. The Kier molecular flexibility index (Phi) is 3.33. The molecule has 0 bridgehead atoms. The van der Waals surface area contributed by atoms with E-state index in [1.54, 1.807) is 0 Å². The second kappa shape index (κ2) is 5.20. The average Bonchev–Trinajstić information content (AvgIpc) is 2.94. The standard InChI is InChI=1S/C18H26N2O/c19-15-6-5-14-4-3-10-20(17(14)12-15)16-7-11-21-18(13-16)8-1-2-9-18/h5-6,12,16H,1-4,7-11,13,19H2. The van der Waals surface area contributed by atoms with E-state index < -0.39 is 0 Å². The molecule has 2 aliphatic heterocycles. The zero-order chi connectivity index (χ0) is 14.3. The molecule has 1 atom stereocenters. The quantitative estimate of drug-likeness (QED) is 0.803. The van der Waals surface area contributed by atoms with Gasteiger partial charge in [-0.25, -0.2) is 0 Å². The van der Waals surface area contributed by atoms with E-state index in [0.717, 1.165) is 18.7 Å². The Morgan fingerprint density at radius 3 is 2.90 bits per heavy atom. The lowest BCUT2D eigenvalue weighted by Crippen LogP contribution is -2.49. The molecule has 2 fully saturated rings. The van der Waals surface area contributed by atoms with Gasteiger partial charge in [0.05, 0.1) is 5.60 Å². The van der Waals surface area contributed by atoms with Gasteiger partial charge in [-0.1, -0.05) is 18.9 Å². The van der Waals surface area contributed by atoms with Crippen LogP contribution in [-0.2, 0) is 11.2 Å². The van der Waals surface area contributed by atoms with Gasteiger partial charge in [-0.05, 0) is 56.2 Å². The van der Waals surface area contributed by atoms with Crippen LogP contribution in [0.4, 0.5) is 11.4 Å². The summed E-state index contributed by atoms with van der Waals surface area (Å²) in [6, 6.07) is 7.09. The zero-order valence-corrected chi connectivity index (χ0v) is 12.8. The lowest BCUT2D eigenvalue weighted by molar-refractivity contribution is -0.0801. The van der Waals surface area contributed by atoms with Crippen LogP contribution in [0.3, 0.4) is 0 Å². The van der Waals surface area contributed by atoms with Crippen molar-refractivity contribution >= 4 is 11.4 Å². The molecule has 1 saturated heterocycles. The number of nitrogen functional groups attached to an aromatic ring is 1. The number of anilines is 2. The first-order valence-electron chi connectivity index (χ1n) is 8.55. The highest BCUT2D eigenvalue weighted by atomic mass is 16.5. The van der Waals surface area contributed by atoms with E-state index in [-0.39, 0.29) is 5.60 Å². The van der Waals surface area contributed by atoms with E-state index in [2.05, 4.69) is 17.0 Å². The third-order valence-corrected chi connectivity index (χ3v) is 5.69. The van der Waals surface area contributed by atoms with Crippen LogP contribution in [0.1, 0.15) is 50.5 Å². The van der Waals surface area contributed by atoms with E-state index in [9.17, 15) is 0 Å². The molecule has 0 radical (unpaired) electrons. The molecule has 2 heterocycles. The topological polar surface area (TPSA) is 38.5 Å². The number of fused-ring (bicyclic) bond motifs is 1. The highest BCUT2D eigenvalue weighted by molar-refractivity contribution is 5.63. The molecule has 1 aromatic rings. The lowest BCUT2D eigenvalue weighted by atomic mass is 9.86. The van der Waals surface area contributed by atoms with Gasteiger partial charge in [0.25, 0.3) is 0 Å². The predicted molar refractivity (Wildman–Crippen MR) is 86.7 cm³/mol. The van der Waals surface area contributed by atoms with Crippen molar-refractivity contribution in [1.82, 2.24) is 0 Å². The van der Waals surface area contributed by atoms with Crippen molar-refractivity contribution in [2.24, 2.45) is 0 Å². The summed E-state index contributed by atoms with van der Waals surface area (Å²) in [5.41, 5.74) is 9.99. The average molecular weight is 286 g/mol. The van der Waals surface area contributed by atoms with Crippen LogP contribution in [0.15, 0.2) is 18.2 Å². The summed E-state index contributed by atoms with van der Waals surface area (Å²) >= 11 is 0. The van der Waals surface area contributed by atoms with E-state index in [1.807, 2.05) is 6.07 Å². The van der Waals surface area contributed by atoms with E-state index in [0.29, 0.717) is 6.04 Å². The molecule has 3 nitrogen and oxygen atoms in total. The summed E-state index contributed by atoms with van der Waals surface area (Å²) in [6.45, 7) is 2.11. The van der Waals surface area contributed by atoms with Gasteiger partial charge in [-0.2, -0.15) is 0 Å². The van der Waals surface area contributed by atoms with Crippen LogP contribution in [0, 0.1) is 0 Å². The first-order valence-corrected chi connectivity index (χ1v) is 8.55. The molecule has 1 aromatic carbocycles. The molecule has 4 rings (SSSR count). The molecule has 114 valence electrons. The molecule has 3 aliphatic rings. The third-order valence-electron chi connectivity index (χ3n) is 5.69. The Balaban J connectivity index is 1.61. The van der Waals surface area contributed by atoms with Crippen molar-refractivity contribution < 1.29 is 4.74 Å². The van der Waals surface area contributed by atoms with E-state index in [1.165, 1.54) is 62.7 Å². The normalized spacial score (nSPS) is 27.8. The van der Waals surface area contributed by atoms with Gasteiger partial charge in [0.15, 0.2) is 0 Å². The Labute approximate surface area is 127 Å². The molecular formula is C18H26N2O. The summed E-state index contributed by atoms with van der Waals surface area (Å²) in [5.74, 6) is 0. The number of benzene rings is 1. The van der Waals surface area contributed by atoms with E-state index in [4.69, 9.17) is 10.5 Å². The lowest BCUT2D eigenvalue weighted by Gasteiger charge is -2.45. The van der Waals surface area contributed by atoms with Crippen molar-refractivity contribution in [3.63, 3.8) is 0 Å². The molecule has 21 heavy (non-hydrogen) atoms. The molecule has 2 N–H and O–H groups in total. The van der Waals surface area contributed by atoms with Crippen LogP contribution in [0.5, 0.6) is 0 Å². The summed E-state index contributed by atoms with van der Waals surface area (Å²) in [7, 11) is 0. The van der Waals surface area contributed by atoms with Crippen LogP contribution in [-0.4, -0.2) is 24.8 Å². The maximum absolute atomic E-state index is 6.21. The minimum atomic E-state index is 0.195. The minimum Gasteiger partial charge on any atom is -0.399 e. The van der Waals surface area contributed by atoms with Gasteiger partial charge in [0.2, 0.25) is 0 Å². The highest BCUT2D eigenvalue weighted by Crippen LogP contribution is 2.43. The van der Waals surface area contributed by atoms with Crippen LogP contribution in [0.25, 0.3) is 0 Å². The Morgan fingerprint density at radius 1 is 1.19 bits per heavy atom. The van der Waals surface area contributed by atoms with Crippen molar-refractivity contribution in [3.05, 3.63) is 23.8 Å². The van der Waals surface area contributed by atoms with Gasteiger partial charge < -0.3 is 15.4 Å². The maximum atomic E-state index is 6.21. The Morgan fingerprint density at radius 2 is 2.05 bits per heavy atom. The van der Waals surface area contributed by atoms with Crippen molar-refractivity contribution in [1.29, 1.82) is 0 Å². The van der Waals surface area contributed by atoms with Crippen LogP contribution < -0.4 is 10.6 Å². The smallest absolute Gasteiger partial charge is 0.0702 e. The number of rotatable bonds is 1. The molecule has 1 aliphatic carbocycles. The number of aryl methyl sites for hydroxylation is 1. The van der Waals surface area contributed by atoms with Gasteiger partial charge in [-0.3, -0.25) is 0 Å². The fourth-order valence-electron chi connectivity index (χ4n) is 4.63. The zero-order valence-electron chi connectivity index (χ0n) is 12.8. The number of hydrogen-bond donors (Lipinski definition) is 1. The van der Waals surface area contributed by atoms with Crippen molar-refractivity contribution in [2.75, 3.05) is 23.8 Å². The molecular weight excluding hydrogens is 260 g/mol. The number of nitrogens with two attached hydrogens (primary N) is 1. The minimum absolute atomic E-state index is 0.195. The first kappa shape index (κ1) is 13.4. The third kappa shape index (κ3) is 2.42. The fraction of sp³-hybridized carbons (Fsp3) is 0.667. The Bertz CT molecular complexity index is 522. The molecule has 1 spiro atoms. The van der Waals surface area contributed by atoms with Crippen molar-refractivity contribution in [2.45, 2.75) is 63.0 Å². The fourth-order valence-corrected chi connectivity index (χ4v) is 4.63. The SMILES string of the molecule is Nc1ccc2c(c1)N(C1CCOC3(CCCC3)C1)CCC2. The second-order valence-corrected chi connectivity index (χ2v) is 7.07. The summed E-state index contributed by atoms with van der Waals surface area (Å²) < 4.78 is 6.21. The van der Waals surface area contributed by atoms with Gasteiger partial charge in [-0.15, -0.1) is 0 Å². The van der Waals surface area contributed by atoms with Crippen molar-refractivity contribution in [3.8, 4) is 0 Å². The molecule has 1 unspecified atom stereocenters. The predicted octanol–water partition coefficient (Wildman–Crippen LogP) is 3.51. The molecule has 3 heteroatoms. The van der Waals surface area contributed by atoms with Crippen LogP contribution >= 0.6 is 0 Å². The van der Waals surface area contributed by atoms with E-state index >= 15 is 0 Å². The maximum Gasteiger partial charge on any atom is 0.0702 e. The number of hydrogen-bond acceptors (Lipinski definition) is 3. The summed E-state index contributed by atoms with van der Waals surface area (Å²) in [5, 5.41) is 0.